The minimum Gasteiger partial charge on any atom is -0.392 e. The lowest BCUT2D eigenvalue weighted by Crippen LogP contribution is -2.37. The SMILES string of the molecule is CCCCCCCCOCC(O)CNCC(O)C(C)C. The lowest BCUT2D eigenvalue weighted by Gasteiger charge is -2.17. The largest absolute Gasteiger partial charge is 0.392 e. The van der Waals surface area contributed by atoms with Crippen molar-refractivity contribution in [1.82, 2.24) is 5.32 Å². The fourth-order valence-corrected chi connectivity index (χ4v) is 1.90. The van der Waals surface area contributed by atoms with Gasteiger partial charge in [0.05, 0.1) is 18.8 Å². The fraction of sp³-hybridized carbons (Fsp3) is 1.00. The van der Waals surface area contributed by atoms with Crippen molar-refractivity contribution in [2.45, 2.75) is 71.5 Å². The molecule has 20 heavy (non-hydrogen) atoms. The number of aliphatic hydroxyl groups is 2. The third-order valence-corrected chi connectivity index (χ3v) is 3.46. The van der Waals surface area contributed by atoms with Crippen molar-refractivity contribution in [3.8, 4) is 0 Å². The number of nitrogens with one attached hydrogen (secondary N) is 1. The summed E-state index contributed by atoms with van der Waals surface area (Å²) in [6, 6.07) is 0. The molecule has 4 nitrogen and oxygen atoms in total. The molecule has 0 spiro atoms. The van der Waals surface area contributed by atoms with Gasteiger partial charge in [-0.3, -0.25) is 0 Å². The predicted molar refractivity (Wildman–Crippen MR) is 83.9 cm³/mol. The van der Waals surface area contributed by atoms with Crippen molar-refractivity contribution in [2.24, 2.45) is 5.92 Å². The van der Waals surface area contributed by atoms with Gasteiger partial charge in [-0.2, -0.15) is 0 Å². The molecule has 0 rings (SSSR count). The zero-order chi connectivity index (χ0) is 15.2. The molecule has 0 aromatic carbocycles. The second-order valence-corrected chi connectivity index (χ2v) is 5.97. The molecule has 4 heteroatoms. The smallest absolute Gasteiger partial charge is 0.0897 e. The van der Waals surface area contributed by atoms with Gasteiger partial charge in [0.25, 0.3) is 0 Å². The highest BCUT2D eigenvalue weighted by molar-refractivity contribution is 4.65. The van der Waals surface area contributed by atoms with Gasteiger partial charge < -0.3 is 20.3 Å². The van der Waals surface area contributed by atoms with Gasteiger partial charge in [-0.05, 0) is 12.3 Å². The van der Waals surface area contributed by atoms with Crippen LogP contribution in [0.3, 0.4) is 0 Å². The standard InChI is InChI=1S/C16H35NO3/c1-4-5-6-7-8-9-10-20-13-15(18)11-17-12-16(19)14(2)3/h14-19H,4-13H2,1-3H3. The summed E-state index contributed by atoms with van der Waals surface area (Å²) >= 11 is 0. The maximum atomic E-state index is 9.70. The summed E-state index contributed by atoms with van der Waals surface area (Å²) in [4.78, 5) is 0. The summed E-state index contributed by atoms with van der Waals surface area (Å²) in [6.45, 7) is 8.28. The van der Waals surface area contributed by atoms with Gasteiger partial charge in [0.15, 0.2) is 0 Å². The molecule has 122 valence electrons. The van der Waals surface area contributed by atoms with Crippen molar-refractivity contribution in [2.75, 3.05) is 26.3 Å². The van der Waals surface area contributed by atoms with Crippen LogP contribution < -0.4 is 5.32 Å². The average Bonchev–Trinajstić information content (AvgIpc) is 2.41. The zero-order valence-corrected chi connectivity index (χ0v) is 13.6. The van der Waals surface area contributed by atoms with Crippen LogP contribution in [-0.4, -0.2) is 48.7 Å². The Hall–Kier alpha value is -0.160. The summed E-state index contributed by atoms with van der Waals surface area (Å²) in [5.41, 5.74) is 0. The van der Waals surface area contributed by atoms with Crippen LogP contribution >= 0.6 is 0 Å². The van der Waals surface area contributed by atoms with E-state index in [0.717, 1.165) is 13.0 Å². The van der Waals surface area contributed by atoms with Gasteiger partial charge in [-0.15, -0.1) is 0 Å². The first-order valence-corrected chi connectivity index (χ1v) is 8.22. The molecule has 0 saturated carbocycles. The van der Waals surface area contributed by atoms with Gasteiger partial charge >= 0.3 is 0 Å². The van der Waals surface area contributed by atoms with Crippen LogP contribution in [0.2, 0.25) is 0 Å². The molecule has 0 aliphatic rings. The highest BCUT2D eigenvalue weighted by Crippen LogP contribution is 2.05. The van der Waals surface area contributed by atoms with Crippen LogP contribution in [0.25, 0.3) is 0 Å². The predicted octanol–water partition coefficient (Wildman–Crippen LogP) is 2.33. The Labute approximate surface area is 124 Å². The van der Waals surface area contributed by atoms with Crippen LogP contribution in [0.4, 0.5) is 0 Å². The molecular formula is C16H35NO3. The average molecular weight is 289 g/mol. The second-order valence-electron chi connectivity index (χ2n) is 5.97. The Kier molecular flexibility index (Phi) is 13.7. The molecule has 0 radical (unpaired) electrons. The van der Waals surface area contributed by atoms with Crippen LogP contribution in [0.15, 0.2) is 0 Å². The number of rotatable bonds is 14. The summed E-state index contributed by atoms with van der Waals surface area (Å²) in [5, 5.41) is 22.4. The van der Waals surface area contributed by atoms with E-state index in [0.29, 0.717) is 19.7 Å². The lowest BCUT2D eigenvalue weighted by atomic mass is 10.1. The van der Waals surface area contributed by atoms with Crippen molar-refractivity contribution >= 4 is 0 Å². The third kappa shape index (κ3) is 12.9. The van der Waals surface area contributed by atoms with Gasteiger partial charge in [0.2, 0.25) is 0 Å². The van der Waals surface area contributed by atoms with Crippen LogP contribution in [-0.2, 0) is 4.74 Å². The minimum atomic E-state index is -0.491. The molecule has 0 amide bonds. The molecule has 2 atom stereocenters. The first kappa shape index (κ1) is 19.8. The molecule has 0 saturated heterocycles. The molecule has 0 aliphatic carbocycles. The Balaban J connectivity index is 3.26. The molecule has 0 bridgehead atoms. The Bertz CT molecular complexity index is 200. The second kappa shape index (κ2) is 13.8. The monoisotopic (exact) mass is 289 g/mol. The highest BCUT2D eigenvalue weighted by Gasteiger charge is 2.09. The Morgan fingerprint density at radius 3 is 2.25 bits per heavy atom. The Morgan fingerprint density at radius 1 is 0.950 bits per heavy atom. The van der Waals surface area contributed by atoms with Crippen LogP contribution in [0.5, 0.6) is 0 Å². The quantitative estimate of drug-likeness (QED) is 0.430. The van der Waals surface area contributed by atoms with E-state index in [1.165, 1.54) is 32.1 Å². The fourth-order valence-electron chi connectivity index (χ4n) is 1.90. The number of ether oxygens (including phenoxy) is 1. The molecule has 0 fully saturated rings. The molecule has 0 aromatic rings. The van der Waals surface area contributed by atoms with E-state index in [9.17, 15) is 10.2 Å². The van der Waals surface area contributed by atoms with E-state index in [4.69, 9.17) is 4.74 Å². The number of unbranched alkanes of at least 4 members (excludes halogenated alkanes) is 5. The molecule has 0 heterocycles. The molecule has 2 unspecified atom stereocenters. The normalized spacial score (nSPS) is 14.7. The van der Waals surface area contributed by atoms with Gasteiger partial charge in [0, 0.05) is 19.7 Å². The highest BCUT2D eigenvalue weighted by atomic mass is 16.5. The van der Waals surface area contributed by atoms with Crippen molar-refractivity contribution in [3.63, 3.8) is 0 Å². The maximum Gasteiger partial charge on any atom is 0.0897 e. The lowest BCUT2D eigenvalue weighted by molar-refractivity contribution is 0.0326. The summed E-state index contributed by atoms with van der Waals surface area (Å²) in [5.74, 6) is 0.239. The van der Waals surface area contributed by atoms with Gasteiger partial charge in [-0.25, -0.2) is 0 Å². The van der Waals surface area contributed by atoms with Crippen LogP contribution in [0.1, 0.15) is 59.3 Å². The topological polar surface area (TPSA) is 61.7 Å². The van der Waals surface area contributed by atoms with Gasteiger partial charge in [-0.1, -0.05) is 52.9 Å². The van der Waals surface area contributed by atoms with E-state index in [1.807, 2.05) is 13.8 Å². The maximum absolute atomic E-state index is 9.70. The summed E-state index contributed by atoms with van der Waals surface area (Å²) in [6.07, 6.45) is 6.66. The molecular weight excluding hydrogens is 254 g/mol. The van der Waals surface area contributed by atoms with Crippen molar-refractivity contribution in [3.05, 3.63) is 0 Å². The van der Waals surface area contributed by atoms with E-state index < -0.39 is 6.10 Å². The van der Waals surface area contributed by atoms with Gasteiger partial charge in [0.1, 0.15) is 0 Å². The van der Waals surface area contributed by atoms with E-state index in [1.54, 1.807) is 0 Å². The number of aliphatic hydroxyl groups excluding tert-OH is 2. The molecule has 3 N–H and O–H groups in total. The van der Waals surface area contributed by atoms with Crippen molar-refractivity contribution < 1.29 is 14.9 Å². The summed E-state index contributed by atoms with van der Waals surface area (Å²) in [7, 11) is 0. The van der Waals surface area contributed by atoms with E-state index in [-0.39, 0.29) is 12.0 Å². The number of hydrogen-bond donors (Lipinski definition) is 3. The molecule has 0 aromatic heterocycles. The Morgan fingerprint density at radius 2 is 1.60 bits per heavy atom. The zero-order valence-electron chi connectivity index (χ0n) is 13.6. The van der Waals surface area contributed by atoms with E-state index in [2.05, 4.69) is 12.2 Å². The third-order valence-electron chi connectivity index (χ3n) is 3.46. The summed E-state index contributed by atoms with van der Waals surface area (Å²) < 4.78 is 5.45. The first-order valence-electron chi connectivity index (χ1n) is 8.22. The van der Waals surface area contributed by atoms with Crippen LogP contribution in [0, 0.1) is 5.92 Å². The molecule has 0 aliphatic heterocycles. The minimum absolute atomic E-state index is 0.239. The first-order chi connectivity index (χ1) is 9.57. The van der Waals surface area contributed by atoms with E-state index >= 15 is 0 Å². The number of hydrogen-bond acceptors (Lipinski definition) is 4. The van der Waals surface area contributed by atoms with Crippen molar-refractivity contribution in [1.29, 1.82) is 0 Å².